The van der Waals surface area contributed by atoms with E-state index in [0.717, 1.165) is 25.9 Å². The number of rotatable bonds is 5. The van der Waals surface area contributed by atoms with Crippen LogP contribution in [0.25, 0.3) is 0 Å². The minimum atomic E-state index is -1.04. The molecule has 3 rings (SSSR count). The van der Waals surface area contributed by atoms with E-state index in [1.54, 1.807) is 29.2 Å². The van der Waals surface area contributed by atoms with Crippen LogP contribution < -0.4 is 4.74 Å². The fraction of sp³-hybridized carbons (Fsp3) is 0.611. The standard InChI is InChI=1S/C18H25ClN2O4/c19-15-4-3-5-16(10-15)25-11-17(22)21-8-9-24-14-18(23,13-21)12-20-6-1-2-7-20/h3-5,10,23H,1-2,6-9,11-14H2. The number of halogens is 1. The summed E-state index contributed by atoms with van der Waals surface area (Å²) in [5.41, 5.74) is -1.04. The van der Waals surface area contributed by atoms with Gasteiger partial charge >= 0.3 is 0 Å². The van der Waals surface area contributed by atoms with Crippen LogP contribution in [0, 0.1) is 0 Å². The van der Waals surface area contributed by atoms with E-state index in [9.17, 15) is 9.90 Å². The highest BCUT2D eigenvalue weighted by Gasteiger charge is 2.36. The molecule has 7 heteroatoms. The average molecular weight is 369 g/mol. The molecule has 2 fully saturated rings. The van der Waals surface area contributed by atoms with Gasteiger partial charge in [-0.1, -0.05) is 17.7 Å². The van der Waals surface area contributed by atoms with Crippen molar-refractivity contribution in [2.75, 3.05) is 52.5 Å². The van der Waals surface area contributed by atoms with E-state index in [-0.39, 0.29) is 25.7 Å². The summed E-state index contributed by atoms with van der Waals surface area (Å²) in [6.45, 7) is 3.84. The maximum absolute atomic E-state index is 12.5. The molecule has 1 unspecified atom stereocenters. The molecule has 2 aliphatic heterocycles. The van der Waals surface area contributed by atoms with Crippen LogP contribution >= 0.6 is 11.6 Å². The second-order valence-electron chi connectivity index (χ2n) is 6.82. The monoisotopic (exact) mass is 368 g/mol. The Bertz CT molecular complexity index is 594. The molecule has 2 aliphatic rings. The van der Waals surface area contributed by atoms with Gasteiger partial charge in [0.05, 0.1) is 19.8 Å². The van der Waals surface area contributed by atoms with Crippen molar-refractivity contribution in [3.63, 3.8) is 0 Å². The topological polar surface area (TPSA) is 62.2 Å². The van der Waals surface area contributed by atoms with Crippen molar-refractivity contribution in [1.82, 2.24) is 9.80 Å². The first kappa shape index (κ1) is 18.5. The molecule has 6 nitrogen and oxygen atoms in total. The van der Waals surface area contributed by atoms with Crippen molar-refractivity contribution in [2.24, 2.45) is 0 Å². The van der Waals surface area contributed by atoms with Gasteiger partial charge < -0.3 is 24.4 Å². The molecule has 2 heterocycles. The van der Waals surface area contributed by atoms with Crippen molar-refractivity contribution < 1.29 is 19.4 Å². The maximum atomic E-state index is 12.5. The molecule has 0 bridgehead atoms. The summed E-state index contributed by atoms with van der Waals surface area (Å²) >= 11 is 5.92. The van der Waals surface area contributed by atoms with E-state index in [0.29, 0.717) is 30.5 Å². The zero-order chi connectivity index (χ0) is 17.7. The molecule has 25 heavy (non-hydrogen) atoms. The fourth-order valence-corrected chi connectivity index (χ4v) is 3.56. The number of hydrogen-bond donors (Lipinski definition) is 1. The summed E-state index contributed by atoms with van der Waals surface area (Å²) in [6.07, 6.45) is 2.32. The third kappa shape index (κ3) is 5.31. The lowest BCUT2D eigenvalue weighted by Gasteiger charge is -2.33. The first-order chi connectivity index (χ1) is 12.0. The van der Waals surface area contributed by atoms with Crippen LogP contribution in [0.5, 0.6) is 5.75 Å². The molecule has 0 aliphatic carbocycles. The number of carbonyl (C=O) groups excluding carboxylic acids is 1. The molecule has 0 spiro atoms. The van der Waals surface area contributed by atoms with Gasteiger partial charge in [-0.2, -0.15) is 0 Å². The van der Waals surface area contributed by atoms with E-state index >= 15 is 0 Å². The normalized spacial score (nSPS) is 25.0. The second-order valence-corrected chi connectivity index (χ2v) is 7.26. The van der Waals surface area contributed by atoms with Crippen LogP contribution in [-0.2, 0) is 9.53 Å². The first-order valence-corrected chi connectivity index (χ1v) is 9.11. The SMILES string of the molecule is O=C(COc1cccc(Cl)c1)N1CCOCC(O)(CN2CCCC2)C1. The van der Waals surface area contributed by atoms with Crippen LogP contribution in [0.15, 0.2) is 24.3 Å². The number of carbonyl (C=O) groups is 1. The predicted octanol–water partition coefficient (Wildman–Crippen LogP) is 1.40. The smallest absolute Gasteiger partial charge is 0.260 e. The summed E-state index contributed by atoms with van der Waals surface area (Å²) in [6, 6.07) is 6.95. The van der Waals surface area contributed by atoms with E-state index < -0.39 is 5.60 Å². The van der Waals surface area contributed by atoms with Gasteiger partial charge in [0.15, 0.2) is 6.61 Å². The highest BCUT2D eigenvalue weighted by molar-refractivity contribution is 6.30. The summed E-state index contributed by atoms with van der Waals surface area (Å²) in [7, 11) is 0. The van der Waals surface area contributed by atoms with Gasteiger partial charge in [-0.05, 0) is 44.1 Å². The number of aliphatic hydroxyl groups is 1. The van der Waals surface area contributed by atoms with E-state index in [2.05, 4.69) is 4.90 Å². The van der Waals surface area contributed by atoms with Crippen molar-refractivity contribution in [1.29, 1.82) is 0 Å². The molecule has 0 radical (unpaired) electrons. The van der Waals surface area contributed by atoms with Crippen LogP contribution in [0.1, 0.15) is 12.8 Å². The molecular weight excluding hydrogens is 344 g/mol. The number of hydrogen-bond acceptors (Lipinski definition) is 5. The molecule has 138 valence electrons. The van der Waals surface area contributed by atoms with Gasteiger partial charge in [0.25, 0.3) is 5.91 Å². The molecule has 1 aromatic rings. The van der Waals surface area contributed by atoms with Gasteiger partial charge in [-0.15, -0.1) is 0 Å². The number of likely N-dealkylation sites (tertiary alicyclic amines) is 1. The number of β-amino-alcohol motifs (C(OH)–C–C–N with tert-alkyl or cyclic N) is 1. The highest BCUT2D eigenvalue weighted by Crippen LogP contribution is 2.19. The van der Waals surface area contributed by atoms with Crippen LogP contribution in [0.4, 0.5) is 0 Å². The Balaban J connectivity index is 1.56. The summed E-state index contributed by atoms with van der Waals surface area (Å²) in [5, 5.41) is 11.5. The summed E-state index contributed by atoms with van der Waals surface area (Å²) in [5.74, 6) is 0.393. The Kier molecular flexibility index (Phi) is 6.17. The third-order valence-corrected chi connectivity index (χ3v) is 4.82. The van der Waals surface area contributed by atoms with E-state index in [1.165, 1.54) is 0 Å². The Labute approximate surface area is 153 Å². The van der Waals surface area contributed by atoms with Crippen molar-refractivity contribution in [3.8, 4) is 5.75 Å². The van der Waals surface area contributed by atoms with Crippen molar-refractivity contribution in [3.05, 3.63) is 29.3 Å². The van der Waals surface area contributed by atoms with E-state index in [4.69, 9.17) is 21.1 Å². The predicted molar refractivity (Wildman–Crippen MR) is 95.0 cm³/mol. The lowest BCUT2D eigenvalue weighted by molar-refractivity contribution is -0.136. The van der Waals surface area contributed by atoms with Gasteiger partial charge in [0.1, 0.15) is 11.4 Å². The van der Waals surface area contributed by atoms with Crippen molar-refractivity contribution >= 4 is 17.5 Å². The lowest BCUT2D eigenvalue weighted by atomic mass is 10.0. The molecule has 2 saturated heterocycles. The molecular formula is C18H25ClN2O4. The zero-order valence-electron chi connectivity index (χ0n) is 14.3. The van der Waals surface area contributed by atoms with Gasteiger partial charge in [-0.3, -0.25) is 4.79 Å². The summed E-state index contributed by atoms with van der Waals surface area (Å²) < 4.78 is 11.1. The number of benzene rings is 1. The lowest BCUT2D eigenvalue weighted by Crippen LogP contribution is -2.53. The Hall–Kier alpha value is -1.34. The average Bonchev–Trinajstić information content (AvgIpc) is 3.00. The first-order valence-electron chi connectivity index (χ1n) is 8.73. The fourth-order valence-electron chi connectivity index (χ4n) is 3.38. The van der Waals surface area contributed by atoms with Crippen molar-refractivity contribution in [2.45, 2.75) is 18.4 Å². The van der Waals surface area contributed by atoms with Crippen LogP contribution in [0.2, 0.25) is 5.02 Å². The Morgan fingerprint density at radius 1 is 1.32 bits per heavy atom. The maximum Gasteiger partial charge on any atom is 0.260 e. The number of nitrogens with zero attached hydrogens (tertiary/aromatic N) is 2. The minimum Gasteiger partial charge on any atom is -0.484 e. The molecule has 1 amide bonds. The largest absolute Gasteiger partial charge is 0.484 e. The van der Waals surface area contributed by atoms with E-state index in [1.807, 2.05) is 0 Å². The molecule has 1 N–H and O–H groups in total. The van der Waals surface area contributed by atoms with Crippen LogP contribution in [0.3, 0.4) is 0 Å². The highest BCUT2D eigenvalue weighted by atomic mass is 35.5. The van der Waals surface area contributed by atoms with Gasteiger partial charge in [0, 0.05) is 18.1 Å². The molecule has 0 saturated carbocycles. The molecule has 0 aromatic heterocycles. The number of amides is 1. The van der Waals surface area contributed by atoms with Gasteiger partial charge in [-0.25, -0.2) is 0 Å². The molecule has 1 aromatic carbocycles. The third-order valence-electron chi connectivity index (χ3n) is 4.59. The summed E-state index contributed by atoms with van der Waals surface area (Å²) in [4.78, 5) is 16.4. The number of ether oxygens (including phenoxy) is 2. The molecule has 1 atom stereocenters. The quantitative estimate of drug-likeness (QED) is 0.851. The Morgan fingerprint density at radius 2 is 2.12 bits per heavy atom. The second kappa shape index (κ2) is 8.36. The van der Waals surface area contributed by atoms with Gasteiger partial charge in [0.2, 0.25) is 0 Å². The zero-order valence-corrected chi connectivity index (χ0v) is 15.1. The Morgan fingerprint density at radius 3 is 2.88 bits per heavy atom. The minimum absolute atomic E-state index is 0.0832. The van der Waals surface area contributed by atoms with Crippen LogP contribution in [-0.4, -0.2) is 79.0 Å².